The Hall–Kier alpha value is -1.40. The molecule has 0 radical (unpaired) electrons. The maximum atomic E-state index is 8.98. The van der Waals surface area contributed by atoms with Gasteiger partial charge in [0.15, 0.2) is 0 Å². The van der Waals surface area contributed by atoms with E-state index in [2.05, 4.69) is 42.8 Å². The van der Waals surface area contributed by atoms with Crippen LogP contribution in [0.3, 0.4) is 0 Å². The fourth-order valence-electron chi connectivity index (χ4n) is 0.977. The standard InChI is InChI=1S/C12H16N2O/c1-9(15)5-6-10-7-8-11(14-13-10)12(2,3)4/h7-9,15H,1-4H3. The Morgan fingerprint density at radius 3 is 2.33 bits per heavy atom. The fraction of sp³-hybridized carbons (Fsp3) is 0.500. The van der Waals surface area contributed by atoms with Gasteiger partial charge in [0, 0.05) is 5.41 Å². The van der Waals surface area contributed by atoms with Crippen LogP contribution in [0.4, 0.5) is 0 Å². The van der Waals surface area contributed by atoms with Gasteiger partial charge in [-0.05, 0) is 25.0 Å². The van der Waals surface area contributed by atoms with E-state index in [-0.39, 0.29) is 5.41 Å². The monoisotopic (exact) mass is 204 g/mol. The van der Waals surface area contributed by atoms with Crippen LogP contribution in [0.25, 0.3) is 0 Å². The lowest BCUT2D eigenvalue weighted by Gasteiger charge is -2.15. The molecule has 0 amide bonds. The van der Waals surface area contributed by atoms with Crippen molar-refractivity contribution >= 4 is 0 Å². The van der Waals surface area contributed by atoms with Crippen molar-refractivity contribution in [3.05, 3.63) is 23.5 Å². The number of hydrogen-bond acceptors (Lipinski definition) is 3. The van der Waals surface area contributed by atoms with E-state index in [1.807, 2.05) is 12.1 Å². The Bertz CT molecular complexity index is 377. The highest BCUT2D eigenvalue weighted by Gasteiger charge is 2.15. The summed E-state index contributed by atoms with van der Waals surface area (Å²) >= 11 is 0. The van der Waals surface area contributed by atoms with Crippen LogP contribution in [0.1, 0.15) is 39.1 Å². The van der Waals surface area contributed by atoms with Crippen molar-refractivity contribution in [3.8, 4) is 11.8 Å². The van der Waals surface area contributed by atoms with Gasteiger partial charge in [-0.2, -0.15) is 5.10 Å². The van der Waals surface area contributed by atoms with Gasteiger partial charge < -0.3 is 5.11 Å². The summed E-state index contributed by atoms with van der Waals surface area (Å²) in [5.41, 5.74) is 1.53. The molecule has 0 saturated carbocycles. The quantitative estimate of drug-likeness (QED) is 0.651. The normalized spacial score (nSPS) is 12.9. The summed E-state index contributed by atoms with van der Waals surface area (Å²) < 4.78 is 0. The summed E-state index contributed by atoms with van der Waals surface area (Å²) in [6.07, 6.45) is -0.630. The third kappa shape index (κ3) is 3.69. The molecule has 0 aliphatic rings. The maximum Gasteiger partial charge on any atom is 0.136 e. The van der Waals surface area contributed by atoms with Gasteiger partial charge in [0.05, 0.1) is 5.69 Å². The summed E-state index contributed by atoms with van der Waals surface area (Å²) in [7, 11) is 0. The smallest absolute Gasteiger partial charge is 0.136 e. The average molecular weight is 204 g/mol. The number of aromatic nitrogens is 2. The Morgan fingerprint density at radius 2 is 1.93 bits per heavy atom. The predicted molar refractivity (Wildman–Crippen MR) is 59.3 cm³/mol. The van der Waals surface area contributed by atoms with Gasteiger partial charge in [0.25, 0.3) is 0 Å². The SMILES string of the molecule is CC(O)C#Cc1ccc(C(C)(C)C)nn1. The van der Waals surface area contributed by atoms with Gasteiger partial charge in [-0.25, -0.2) is 0 Å². The van der Waals surface area contributed by atoms with E-state index in [1.54, 1.807) is 6.92 Å². The van der Waals surface area contributed by atoms with Crippen molar-refractivity contribution in [2.75, 3.05) is 0 Å². The van der Waals surface area contributed by atoms with Gasteiger partial charge in [0.2, 0.25) is 0 Å². The van der Waals surface area contributed by atoms with Crippen LogP contribution in [0, 0.1) is 11.8 Å². The van der Waals surface area contributed by atoms with Crippen LogP contribution >= 0.6 is 0 Å². The van der Waals surface area contributed by atoms with Crippen LogP contribution in [0.15, 0.2) is 12.1 Å². The first kappa shape index (κ1) is 11.7. The first-order valence-corrected chi connectivity index (χ1v) is 4.93. The van der Waals surface area contributed by atoms with E-state index in [9.17, 15) is 0 Å². The molecule has 0 saturated heterocycles. The molecule has 1 N–H and O–H groups in total. The van der Waals surface area contributed by atoms with E-state index in [1.165, 1.54) is 0 Å². The number of aliphatic hydroxyl groups is 1. The summed E-state index contributed by atoms with van der Waals surface area (Å²) in [5, 5.41) is 17.1. The lowest BCUT2D eigenvalue weighted by molar-refractivity contribution is 0.253. The molecule has 0 aliphatic heterocycles. The highest BCUT2D eigenvalue weighted by Crippen LogP contribution is 2.18. The third-order valence-electron chi connectivity index (χ3n) is 1.84. The van der Waals surface area contributed by atoms with Gasteiger partial charge >= 0.3 is 0 Å². The fourth-order valence-corrected chi connectivity index (χ4v) is 0.977. The van der Waals surface area contributed by atoms with Crippen LogP contribution in [0.5, 0.6) is 0 Å². The molecule has 1 unspecified atom stereocenters. The molecule has 15 heavy (non-hydrogen) atoms. The number of aliphatic hydroxyl groups excluding tert-OH is 1. The van der Waals surface area contributed by atoms with E-state index < -0.39 is 6.10 Å². The second-order valence-electron chi connectivity index (χ2n) is 4.50. The molecule has 1 rings (SSSR count). The zero-order valence-corrected chi connectivity index (χ0v) is 9.57. The second kappa shape index (κ2) is 4.41. The van der Waals surface area contributed by atoms with E-state index in [4.69, 9.17) is 5.11 Å². The van der Waals surface area contributed by atoms with E-state index in [0.717, 1.165) is 5.69 Å². The molecule has 1 aromatic heterocycles. The van der Waals surface area contributed by atoms with Gasteiger partial charge in [0.1, 0.15) is 11.8 Å². The Kier molecular flexibility index (Phi) is 3.43. The summed E-state index contributed by atoms with van der Waals surface area (Å²) in [5.74, 6) is 5.37. The van der Waals surface area contributed by atoms with E-state index >= 15 is 0 Å². The van der Waals surface area contributed by atoms with Gasteiger partial charge in [-0.15, -0.1) is 5.10 Å². The lowest BCUT2D eigenvalue weighted by atomic mass is 9.92. The minimum Gasteiger partial charge on any atom is -0.381 e. The number of hydrogen-bond donors (Lipinski definition) is 1. The Labute approximate surface area is 90.6 Å². The minimum atomic E-state index is -0.630. The zero-order chi connectivity index (χ0) is 11.5. The average Bonchev–Trinajstić information content (AvgIpc) is 2.14. The molecular weight excluding hydrogens is 188 g/mol. The Morgan fingerprint density at radius 1 is 1.27 bits per heavy atom. The highest BCUT2D eigenvalue weighted by atomic mass is 16.3. The molecule has 0 aliphatic carbocycles. The number of nitrogens with zero attached hydrogens (tertiary/aromatic N) is 2. The molecule has 3 heteroatoms. The molecule has 1 heterocycles. The van der Waals surface area contributed by atoms with Crippen molar-refractivity contribution < 1.29 is 5.11 Å². The van der Waals surface area contributed by atoms with Crippen molar-refractivity contribution in [1.82, 2.24) is 10.2 Å². The van der Waals surface area contributed by atoms with Crippen LogP contribution in [-0.4, -0.2) is 21.4 Å². The highest BCUT2D eigenvalue weighted by molar-refractivity contribution is 5.28. The largest absolute Gasteiger partial charge is 0.381 e. The number of rotatable bonds is 0. The first-order valence-electron chi connectivity index (χ1n) is 4.93. The molecule has 3 nitrogen and oxygen atoms in total. The summed E-state index contributed by atoms with van der Waals surface area (Å²) in [6.45, 7) is 7.86. The minimum absolute atomic E-state index is 0.00320. The summed E-state index contributed by atoms with van der Waals surface area (Å²) in [4.78, 5) is 0. The molecule has 0 aromatic carbocycles. The van der Waals surface area contributed by atoms with Crippen molar-refractivity contribution in [2.24, 2.45) is 0 Å². The Balaban J connectivity index is 2.88. The van der Waals surface area contributed by atoms with Crippen molar-refractivity contribution in [2.45, 2.75) is 39.2 Å². The second-order valence-corrected chi connectivity index (χ2v) is 4.50. The van der Waals surface area contributed by atoms with E-state index in [0.29, 0.717) is 5.69 Å². The van der Waals surface area contributed by atoms with Gasteiger partial charge in [-0.3, -0.25) is 0 Å². The van der Waals surface area contributed by atoms with Gasteiger partial charge in [-0.1, -0.05) is 26.7 Å². The van der Waals surface area contributed by atoms with Crippen LogP contribution in [-0.2, 0) is 5.41 Å². The lowest BCUT2D eigenvalue weighted by Crippen LogP contribution is -2.14. The predicted octanol–water partition coefficient (Wildman–Crippen LogP) is 1.51. The molecule has 80 valence electrons. The molecular formula is C12H16N2O. The summed E-state index contributed by atoms with van der Waals surface area (Å²) in [6, 6.07) is 3.74. The maximum absolute atomic E-state index is 8.98. The molecule has 1 aromatic rings. The van der Waals surface area contributed by atoms with Crippen LogP contribution < -0.4 is 0 Å². The van der Waals surface area contributed by atoms with Crippen molar-refractivity contribution in [1.29, 1.82) is 0 Å². The first-order chi connectivity index (χ1) is 6.89. The molecule has 1 atom stereocenters. The zero-order valence-electron chi connectivity index (χ0n) is 9.57. The molecule has 0 bridgehead atoms. The van der Waals surface area contributed by atoms with Crippen molar-refractivity contribution in [3.63, 3.8) is 0 Å². The topological polar surface area (TPSA) is 46.0 Å². The molecule has 0 spiro atoms. The van der Waals surface area contributed by atoms with Crippen LogP contribution in [0.2, 0.25) is 0 Å². The third-order valence-corrected chi connectivity index (χ3v) is 1.84. The molecule has 0 fully saturated rings.